The van der Waals surface area contributed by atoms with Crippen molar-refractivity contribution < 1.29 is 13.2 Å². The molecule has 2 aromatic rings. The van der Waals surface area contributed by atoms with E-state index in [9.17, 15) is 8.42 Å². The minimum Gasteiger partial charge on any atom is -0.383 e. The fourth-order valence-electron chi connectivity index (χ4n) is 2.43. The van der Waals surface area contributed by atoms with E-state index in [-0.39, 0.29) is 11.4 Å². The van der Waals surface area contributed by atoms with E-state index in [2.05, 4.69) is 15.0 Å². The van der Waals surface area contributed by atoms with Gasteiger partial charge in [-0.1, -0.05) is 42.5 Å². The third-order valence-electron chi connectivity index (χ3n) is 3.96. The Labute approximate surface area is 167 Å². The highest BCUT2D eigenvalue weighted by Gasteiger charge is 2.13. The molecule has 0 spiro atoms. The Bertz CT molecular complexity index is 851. The van der Waals surface area contributed by atoms with E-state index in [4.69, 9.17) is 4.74 Å². The van der Waals surface area contributed by atoms with Crippen LogP contribution in [0.4, 0.5) is 0 Å². The molecule has 0 saturated carbocycles. The van der Waals surface area contributed by atoms with Gasteiger partial charge in [0.15, 0.2) is 5.96 Å². The summed E-state index contributed by atoms with van der Waals surface area (Å²) in [6.07, 6.45) is 0. The van der Waals surface area contributed by atoms with Crippen LogP contribution in [0.2, 0.25) is 0 Å². The minimum atomic E-state index is -3.52. The van der Waals surface area contributed by atoms with Gasteiger partial charge in [-0.2, -0.15) is 0 Å². The Kier molecular flexibility index (Phi) is 8.43. The molecule has 0 atom stereocenters. The number of nitrogens with one attached hydrogen (secondary N) is 2. The number of nitrogens with zero attached hydrogens (tertiary/aromatic N) is 2. The van der Waals surface area contributed by atoms with Crippen molar-refractivity contribution in [3.63, 3.8) is 0 Å². The lowest BCUT2D eigenvalue weighted by Crippen LogP contribution is -2.36. The first-order chi connectivity index (χ1) is 13.4. The lowest BCUT2D eigenvalue weighted by molar-refractivity contribution is 0.204. The molecule has 28 heavy (non-hydrogen) atoms. The summed E-state index contributed by atoms with van der Waals surface area (Å²) >= 11 is 0. The molecule has 0 bridgehead atoms. The molecule has 0 aliphatic rings. The van der Waals surface area contributed by atoms with Crippen LogP contribution in [-0.2, 0) is 27.8 Å². The van der Waals surface area contributed by atoms with Gasteiger partial charge in [0.2, 0.25) is 10.0 Å². The maximum atomic E-state index is 12.2. The summed E-state index contributed by atoms with van der Waals surface area (Å²) in [4.78, 5) is 6.77. The number of hydrogen-bond acceptors (Lipinski definition) is 4. The van der Waals surface area contributed by atoms with Crippen molar-refractivity contribution in [3.05, 3.63) is 65.7 Å². The average molecular weight is 405 g/mol. The Morgan fingerprint density at radius 3 is 2.32 bits per heavy atom. The monoisotopic (exact) mass is 404 g/mol. The van der Waals surface area contributed by atoms with E-state index in [1.165, 1.54) is 7.11 Å². The number of rotatable bonds is 9. The van der Waals surface area contributed by atoms with E-state index in [0.717, 1.165) is 17.1 Å². The summed E-state index contributed by atoms with van der Waals surface area (Å²) in [6.45, 7) is 1.71. The van der Waals surface area contributed by atoms with Crippen LogP contribution in [0.1, 0.15) is 11.1 Å². The second kappa shape index (κ2) is 10.8. The zero-order valence-electron chi connectivity index (χ0n) is 16.6. The van der Waals surface area contributed by atoms with E-state index in [1.807, 2.05) is 49.3 Å². The molecular weight excluding hydrogens is 376 g/mol. The fraction of sp³-hybridized carbons (Fsp3) is 0.350. The highest BCUT2D eigenvalue weighted by atomic mass is 32.2. The molecule has 0 unspecified atom stereocenters. The van der Waals surface area contributed by atoms with Gasteiger partial charge in [0.05, 0.1) is 18.0 Å². The van der Waals surface area contributed by atoms with Crippen molar-refractivity contribution in [3.8, 4) is 0 Å². The smallest absolute Gasteiger partial charge is 0.240 e. The van der Waals surface area contributed by atoms with Crippen LogP contribution >= 0.6 is 0 Å². The van der Waals surface area contributed by atoms with Gasteiger partial charge in [0.25, 0.3) is 0 Å². The van der Waals surface area contributed by atoms with Crippen molar-refractivity contribution in [1.29, 1.82) is 0 Å². The predicted octanol–water partition coefficient (Wildman–Crippen LogP) is 1.82. The lowest BCUT2D eigenvalue weighted by atomic mass is 10.2. The van der Waals surface area contributed by atoms with Crippen molar-refractivity contribution in [2.75, 3.05) is 34.4 Å². The SMILES string of the molecule is COCCNS(=O)(=O)c1ccc(CNC(=NCc2ccccc2)N(C)C)cc1. The highest BCUT2D eigenvalue weighted by molar-refractivity contribution is 7.89. The largest absolute Gasteiger partial charge is 0.383 e. The van der Waals surface area contributed by atoms with Gasteiger partial charge in [-0.15, -0.1) is 0 Å². The summed E-state index contributed by atoms with van der Waals surface area (Å²) < 4.78 is 31.7. The van der Waals surface area contributed by atoms with Gasteiger partial charge in [-0.05, 0) is 23.3 Å². The molecule has 0 fully saturated rings. The molecule has 2 aromatic carbocycles. The summed E-state index contributed by atoms with van der Waals surface area (Å²) in [6, 6.07) is 16.8. The maximum Gasteiger partial charge on any atom is 0.240 e. The van der Waals surface area contributed by atoms with Crippen molar-refractivity contribution >= 4 is 16.0 Å². The van der Waals surface area contributed by atoms with Gasteiger partial charge >= 0.3 is 0 Å². The van der Waals surface area contributed by atoms with Gasteiger partial charge in [0.1, 0.15) is 0 Å². The number of ether oxygens (including phenoxy) is 1. The van der Waals surface area contributed by atoms with Gasteiger partial charge < -0.3 is 15.0 Å². The first-order valence-corrected chi connectivity index (χ1v) is 10.5. The third-order valence-corrected chi connectivity index (χ3v) is 5.44. The molecule has 0 saturated heterocycles. The molecule has 152 valence electrons. The normalized spacial score (nSPS) is 12.0. The molecule has 8 heteroatoms. The third kappa shape index (κ3) is 6.95. The molecule has 0 aromatic heterocycles. The predicted molar refractivity (Wildman–Crippen MR) is 112 cm³/mol. The molecule has 7 nitrogen and oxygen atoms in total. The quantitative estimate of drug-likeness (QED) is 0.378. The number of guanidine groups is 1. The van der Waals surface area contributed by atoms with Crippen LogP contribution in [0.5, 0.6) is 0 Å². The van der Waals surface area contributed by atoms with Gasteiger partial charge in [0, 0.05) is 34.3 Å². The second-order valence-electron chi connectivity index (χ2n) is 6.41. The first kappa shape index (κ1) is 21.9. The first-order valence-electron chi connectivity index (χ1n) is 8.99. The summed E-state index contributed by atoms with van der Waals surface area (Å²) in [5.74, 6) is 0.766. The zero-order valence-corrected chi connectivity index (χ0v) is 17.4. The van der Waals surface area contributed by atoms with Crippen LogP contribution in [-0.4, -0.2) is 53.6 Å². The van der Waals surface area contributed by atoms with Gasteiger partial charge in [-0.25, -0.2) is 18.1 Å². The Morgan fingerprint density at radius 2 is 1.71 bits per heavy atom. The summed E-state index contributed by atoms with van der Waals surface area (Å²) in [5, 5.41) is 3.30. The summed E-state index contributed by atoms with van der Waals surface area (Å²) in [5.41, 5.74) is 2.10. The van der Waals surface area contributed by atoms with Crippen LogP contribution in [0.15, 0.2) is 64.5 Å². The Morgan fingerprint density at radius 1 is 1.04 bits per heavy atom. The number of methoxy groups -OCH3 is 1. The van der Waals surface area contributed by atoms with Crippen molar-refractivity contribution in [2.45, 2.75) is 18.0 Å². The van der Waals surface area contributed by atoms with Crippen LogP contribution < -0.4 is 10.0 Å². The molecule has 0 radical (unpaired) electrons. The van der Waals surface area contributed by atoms with Crippen LogP contribution in [0.3, 0.4) is 0 Å². The molecule has 0 amide bonds. The molecular formula is C20H28N4O3S. The van der Waals surface area contributed by atoms with E-state index >= 15 is 0 Å². The zero-order chi connectivity index (χ0) is 20.4. The molecule has 0 heterocycles. The van der Waals surface area contributed by atoms with Crippen LogP contribution in [0.25, 0.3) is 0 Å². The highest BCUT2D eigenvalue weighted by Crippen LogP contribution is 2.10. The molecule has 2 rings (SSSR count). The number of benzene rings is 2. The van der Waals surface area contributed by atoms with E-state index in [0.29, 0.717) is 19.7 Å². The Hall–Kier alpha value is -2.42. The number of sulfonamides is 1. The van der Waals surface area contributed by atoms with Gasteiger partial charge in [-0.3, -0.25) is 0 Å². The molecule has 0 aliphatic carbocycles. The number of aliphatic imine (C=N–C) groups is 1. The van der Waals surface area contributed by atoms with Crippen molar-refractivity contribution in [1.82, 2.24) is 14.9 Å². The fourth-order valence-corrected chi connectivity index (χ4v) is 3.45. The molecule has 0 aliphatic heterocycles. The average Bonchev–Trinajstić information content (AvgIpc) is 2.69. The maximum absolute atomic E-state index is 12.2. The summed E-state index contributed by atoms with van der Waals surface area (Å²) in [7, 11) is 1.87. The number of hydrogen-bond donors (Lipinski definition) is 2. The van der Waals surface area contributed by atoms with Crippen molar-refractivity contribution in [2.24, 2.45) is 4.99 Å². The lowest BCUT2D eigenvalue weighted by Gasteiger charge is -2.18. The topological polar surface area (TPSA) is 83.0 Å². The molecule has 2 N–H and O–H groups in total. The van der Waals surface area contributed by atoms with Crippen LogP contribution in [0, 0.1) is 0 Å². The van der Waals surface area contributed by atoms with E-state index in [1.54, 1.807) is 24.3 Å². The standard InChI is InChI=1S/C20H28N4O3S/c1-24(2)20(21-15-17-7-5-4-6-8-17)22-16-18-9-11-19(12-10-18)28(25,26)23-13-14-27-3/h4-12,23H,13-16H2,1-3H3,(H,21,22). The Balaban J connectivity index is 1.96. The second-order valence-corrected chi connectivity index (χ2v) is 8.17. The van der Waals surface area contributed by atoms with E-state index < -0.39 is 10.0 Å². The minimum absolute atomic E-state index is 0.234.